The Kier molecular flexibility index (Phi) is 1.76. The van der Waals surface area contributed by atoms with Gasteiger partial charge in [-0.3, -0.25) is 10.1 Å². The highest BCUT2D eigenvalue weighted by molar-refractivity contribution is 6.07. The smallest absolute Gasteiger partial charge is 0.314 e. The van der Waals surface area contributed by atoms with Gasteiger partial charge in [-0.05, 0) is 19.9 Å². The van der Waals surface area contributed by atoms with Gasteiger partial charge in [0, 0.05) is 13.1 Å². The summed E-state index contributed by atoms with van der Waals surface area (Å²) in [6.45, 7) is 3.85. The van der Waals surface area contributed by atoms with Crippen molar-refractivity contribution in [2.75, 3.05) is 19.6 Å². The number of likely N-dealkylation sites (N-methyl/N-ethyl adjacent to an activating group) is 1. The molecule has 3 amide bonds. The van der Waals surface area contributed by atoms with Crippen LogP contribution in [0.4, 0.5) is 4.79 Å². The zero-order chi connectivity index (χ0) is 9.47. The topological polar surface area (TPSA) is 61.4 Å². The first-order valence-electron chi connectivity index (χ1n) is 4.54. The lowest BCUT2D eigenvalue weighted by Gasteiger charge is -2.29. The molecule has 0 aromatic carbocycles. The molecule has 0 aromatic heterocycles. The van der Waals surface area contributed by atoms with E-state index in [9.17, 15) is 9.59 Å². The predicted molar refractivity (Wildman–Crippen MR) is 46.1 cm³/mol. The lowest BCUT2D eigenvalue weighted by Crippen LogP contribution is -2.51. The Morgan fingerprint density at radius 3 is 2.85 bits per heavy atom. The summed E-state index contributed by atoms with van der Waals surface area (Å²) in [6, 6.07) is -0.254. The molecular formula is C8H13N3O2. The minimum absolute atomic E-state index is 0.149. The van der Waals surface area contributed by atoms with Gasteiger partial charge in [0.05, 0.1) is 0 Å². The Balaban J connectivity index is 2.33. The number of hydrogen-bond acceptors (Lipinski definition) is 3. The van der Waals surface area contributed by atoms with Crippen LogP contribution in [0.1, 0.15) is 13.3 Å². The van der Waals surface area contributed by atoms with E-state index in [1.54, 1.807) is 4.90 Å². The Morgan fingerprint density at radius 1 is 1.54 bits per heavy atom. The van der Waals surface area contributed by atoms with Crippen molar-refractivity contribution in [3.05, 3.63) is 0 Å². The molecule has 2 N–H and O–H groups in total. The molecule has 2 saturated heterocycles. The van der Waals surface area contributed by atoms with Crippen LogP contribution in [-0.4, -0.2) is 42.0 Å². The van der Waals surface area contributed by atoms with E-state index < -0.39 is 5.54 Å². The number of hydrogen-bond donors (Lipinski definition) is 2. The number of carbonyl (C=O) groups excluding carboxylic acids is 2. The SMILES string of the molecule is CCN1C(=O)NC(=O)C12CCNC2. The van der Waals surface area contributed by atoms with Crippen molar-refractivity contribution in [2.24, 2.45) is 0 Å². The highest BCUT2D eigenvalue weighted by atomic mass is 16.2. The molecule has 2 aliphatic rings. The average molecular weight is 183 g/mol. The molecule has 5 nitrogen and oxygen atoms in total. The van der Waals surface area contributed by atoms with Crippen LogP contribution >= 0.6 is 0 Å². The molecule has 0 aromatic rings. The van der Waals surface area contributed by atoms with Gasteiger partial charge in [0.15, 0.2) is 0 Å². The first-order chi connectivity index (χ1) is 6.20. The van der Waals surface area contributed by atoms with Crippen molar-refractivity contribution in [3.63, 3.8) is 0 Å². The fourth-order valence-electron chi connectivity index (χ4n) is 2.15. The van der Waals surface area contributed by atoms with E-state index in [2.05, 4.69) is 10.6 Å². The molecule has 2 fully saturated rings. The molecule has 72 valence electrons. The van der Waals surface area contributed by atoms with Crippen molar-refractivity contribution in [3.8, 4) is 0 Å². The minimum atomic E-state index is -0.591. The number of nitrogens with one attached hydrogen (secondary N) is 2. The molecular weight excluding hydrogens is 170 g/mol. The third-order valence-electron chi connectivity index (χ3n) is 2.85. The summed E-state index contributed by atoms with van der Waals surface area (Å²) in [5.41, 5.74) is -0.591. The van der Waals surface area contributed by atoms with Gasteiger partial charge in [-0.25, -0.2) is 4.79 Å². The van der Waals surface area contributed by atoms with Gasteiger partial charge in [0.25, 0.3) is 5.91 Å². The monoisotopic (exact) mass is 183 g/mol. The molecule has 0 radical (unpaired) electrons. The molecule has 0 bridgehead atoms. The van der Waals surface area contributed by atoms with Crippen LogP contribution < -0.4 is 10.6 Å². The average Bonchev–Trinajstić information content (AvgIpc) is 2.62. The number of rotatable bonds is 1. The molecule has 2 heterocycles. The van der Waals surface area contributed by atoms with E-state index in [0.29, 0.717) is 13.1 Å². The van der Waals surface area contributed by atoms with Gasteiger partial charge < -0.3 is 10.2 Å². The molecule has 0 aliphatic carbocycles. The number of amides is 3. The maximum atomic E-state index is 11.6. The largest absolute Gasteiger partial charge is 0.325 e. The fraction of sp³-hybridized carbons (Fsp3) is 0.750. The third-order valence-corrected chi connectivity index (χ3v) is 2.85. The van der Waals surface area contributed by atoms with Crippen LogP contribution in [0, 0.1) is 0 Å². The van der Waals surface area contributed by atoms with E-state index in [0.717, 1.165) is 13.0 Å². The quantitative estimate of drug-likeness (QED) is 0.528. The molecule has 2 aliphatic heterocycles. The fourth-order valence-corrected chi connectivity index (χ4v) is 2.15. The van der Waals surface area contributed by atoms with Crippen LogP contribution in [-0.2, 0) is 4.79 Å². The summed E-state index contributed by atoms with van der Waals surface area (Å²) >= 11 is 0. The van der Waals surface area contributed by atoms with E-state index in [1.165, 1.54) is 0 Å². The van der Waals surface area contributed by atoms with E-state index in [-0.39, 0.29) is 11.9 Å². The van der Waals surface area contributed by atoms with Crippen molar-refractivity contribution in [1.29, 1.82) is 0 Å². The molecule has 13 heavy (non-hydrogen) atoms. The lowest BCUT2D eigenvalue weighted by molar-refractivity contribution is -0.125. The second kappa shape index (κ2) is 2.70. The van der Waals surface area contributed by atoms with Gasteiger partial charge in [-0.2, -0.15) is 0 Å². The molecule has 1 atom stereocenters. The van der Waals surface area contributed by atoms with Gasteiger partial charge in [0.1, 0.15) is 5.54 Å². The van der Waals surface area contributed by atoms with Gasteiger partial charge in [-0.15, -0.1) is 0 Å². The van der Waals surface area contributed by atoms with Crippen LogP contribution in [0.5, 0.6) is 0 Å². The number of nitrogens with zero attached hydrogens (tertiary/aromatic N) is 1. The van der Waals surface area contributed by atoms with Crippen LogP contribution in [0.2, 0.25) is 0 Å². The lowest BCUT2D eigenvalue weighted by atomic mass is 9.97. The molecule has 5 heteroatoms. The normalized spacial score (nSPS) is 33.2. The van der Waals surface area contributed by atoms with Crippen LogP contribution in [0.3, 0.4) is 0 Å². The summed E-state index contributed by atoms with van der Waals surface area (Å²) in [6.07, 6.45) is 0.721. The number of carbonyl (C=O) groups is 2. The Hall–Kier alpha value is -1.10. The van der Waals surface area contributed by atoms with Crippen LogP contribution in [0.15, 0.2) is 0 Å². The van der Waals surface area contributed by atoms with Gasteiger partial charge >= 0.3 is 6.03 Å². The molecule has 2 rings (SSSR count). The van der Waals surface area contributed by atoms with Crippen LogP contribution in [0.25, 0.3) is 0 Å². The first-order valence-corrected chi connectivity index (χ1v) is 4.54. The zero-order valence-corrected chi connectivity index (χ0v) is 7.59. The summed E-state index contributed by atoms with van der Waals surface area (Å²) in [4.78, 5) is 24.5. The van der Waals surface area contributed by atoms with Crippen molar-refractivity contribution in [1.82, 2.24) is 15.5 Å². The second-order valence-corrected chi connectivity index (χ2v) is 3.46. The maximum absolute atomic E-state index is 11.6. The van der Waals surface area contributed by atoms with E-state index >= 15 is 0 Å². The Labute approximate surface area is 76.5 Å². The molecule has 1 spiro atoms. The zero-order valence-electron chi connectivity index (χ0n) is 7.59. The third kappa shape index (κ3) is 0.966. The minimum Gasteiger partial charge on any atom is -0.314 e. The summed E-state index contributed by atoms with van der Waals surface area (Å²) in [5.74, 6) is -0.149. The summed E-state index contributed by atoms with van der Waals surface area (Å²) < 4.78 is 0. The van der Waals surface area contributed by atoms with Crippen molar-refractivity contribution in [2.45, 2.75) is 18.9 Å². The van der Waals surface area contributed by atoms with Crippen molar-refractivity contribution < 1.29 is 9.59 Å². The first kappa shape index (κ1) is 8.50. The Morgan fingerprint density at radius 2 is 2.31 bits per heavy atom. The number of urea groups is 1. The van der Waals surface area contributed by atoms with E-state index in [4.69, 9.17) is 0 Å². The number of imide groups is 1. The Bertz CT molecular complexity index is 258. The standard InChI is InChI=1S/C8H13N3O2/c1-2-11-7(13)10-6(12)8(11)3-4-9-5-8/h9H,2-5H2,1H3,(H,10,12,13). The molecule has 1 unspecified atom stereocenters. The highest BCUT2D eigenvalue weighted by Crippen LogP contribution is 2.27. The molecule has 0 saturated carbocycles. The van der Waals surface area contributed by atoms with Crippen molar-refractivity contribution >= 4 is 11.9 Å². The maximum Gasteiger partial charge on any atom is 0.325 e. The second-order valence-electron chi connectivity index (χ2n) is 3.46. The predicted octanol–water partition coefficient (Wildman–Crippen LogP) is -0.710. The highest BCUT2D eigenvalue weighted by Gasteiger charge is 2.53. The summed E-state index contributed by atoms with van der Waals surface area (Å²) in [7, 11) is 0. The van der Waals surface area contributed by atoms with E-state index in [1.807, 2.05) is 6.92 Å². The van der Waals surface area contributed by atoms with Gasteiger partial charge in [-0.1, -0.05) is 0 Å². The summed E-state index contributed by atoms with van der Waals surface area (Å²) in [5, 5.41) is 5.47. The van der Waals surface area contributed by atoms with Gasteiger partial charge in [0.2, 0.25) is 0 Å².